The maximum Gasteiger partial charge on any atom is 0.335 e. The summed E-state index contributed by atoms with van der Waals surface area (Å²) in [5.74, 6) is -1.28. The molecule has 4 nitrogen and oxygen atoms in total. The number of carboxylic acids is 1. The number of carbonyl (C=O) groups is 2. The summed E-state index contributed by atoms with van der Waals surface area (Å²) in [5.41, 5.74) is 3.61. The van der Waals surface area contributed by atoms with Crippen LogP contribution < -0.4 is 5.32 Å². The number of rotatable bonds is 8. The Balaban J connectivity index is 1.65. The molecule has 0 aromatic heterocycles. The first-order chi connectivity index (χ1) is 16.1. The van der Waals surface area contributed by atoms with Gasteiger partial charge in [0.15, 0.2) is 0 Å². The number of para-hydroxylation sites is 1. The van der Waals surface area contributed by atoms with Gasteiger partial charge in [-0.3, -0.25) is 4.79 Å². The number of carboxylic acid groups (broad SMARTS) is 1. The maximum atomic E-state index is 13.5. The smallest absolute Gasteiger partial charge is 0.335 e. The Hall–Kier alpha value is -3.92. The molecule has 4 heteroatoms. The summed E-state index contributed by atoms with van der Waals surface area (Å²) < 4.78 is 0. The zero-order valence-electron chi connectivity index (χ0n) is 18.6. The van der Waals surface area contributed by atoms with Crippen molar-refractivity contribution in [2.75, 3.05) is 5.32 Å². The molecule has 0 heterocycles. The van der Waals surface area contributed by atoms with E-state index in [-0.39, 0.29) is 17.4 Å². The van der Waals surface area contributed by atoms with Crippen molar-refractivity contribution >= 4 is 28.3 Å². The van der Waals surface area contributed by atoms with E-state index in [1.54, 1.807) is 12.1 Å². The highest BCUT2D eigenvalue weighted by atomic mass is 16.4. The van der Waals surface area contributed by atoms with E-state index in [4.69, 9.17) is 0 Å². The minimum absolute atomic E-state index is 0.0489. The van der Waals surface area contributed by atoms with Gasteiger partial charge in [-0.25, -0.2) is 4.79 Å². The molecule has 0 bridgehead atoms. The van der Waals surface area contributed by atoms with Gasteiger partial charge in [-0.1, -0.05) is 92.2 Å². The van der Waals surface area contributed by atoms with E-state index in [0.29, 0.717) is 17.7 Å². The molecule has 1 unspecified atom stereocenters. The van der Waals surface area contributed by atoms with E-state index in [1.165, 1.54) is 0 Å². The zero-order valence-corrected chi connectivity index (χ0v) is 18.6. The lowest BCUT2D eigenvalue weighted by Gasteiger charge is -2.20. The molecular weight excluding hydrogens is 410 g/mol. The molecule has 0 fully saturated rings. The molecule has 0 saturated heterocycles. The quantitative estimate of drug-likeness (QED) is 0.324. The predicted octanol–water partition coefficient (Wildman–Crippen LogP) is 6.65. The van der Waals surface area contributed by atoms with Crippen LogP contribution in [0.5, 0.6) is 0 Å². The number of benzene rings is 4. The Labute approximate surface area is 193 Å². The van der Waals surface area contributed by atoms with Crippen molar-refractivity contribution in [1.82, 2.24) is 0 Å². The second-order valence-corrected chi connectivity index (χ2v) is 8.20. The Morgan fingerprint density at radius 3 is 2.27 bits per heavy atom. The van der Waals surface area contributed by atoms with Crippen LogP contribution in [0, 0.1) is 0 Å². The fourth-order valence-corrected chi connectivity index (χ4v) is 4.38. The standard InChI is InChI=1S/C29H27NO3/c1-2-10-26(25-17-9-14-20-11-3-6-15-23(20)25)28(31)30-27-18-8-5-13-22(27)19-21-12-4-7-16-24(21)29(32)33/h3-9,11-18,26H,2,10,19H2,1H3,(H,30,31)(H,32,33). The van der Waals surface area contributed by atoms with Crippen LogP contribution in [0.3, 0.4) is 0 Å². The lowest BCUT2D eigenvalue weighted by atomic mass is 9.89. The summed E-state index contributed by atoms with van der Waals surface area (Å²) in [6.07, 6.45) is 2.05. The summed E-state index contributed by atoms with van der Waals surface area (Å²) >= 11 is 0. The van der Waals surface area contributed by atoms with Gasteiger partial charge in [0.05, 0.1) is 11.5 Å². The SMILES string of the molecule is CCCC(C(=O)Nc1ccccc1Cc1ccccc1C(=O)O)c1cccc2ccccc12. The van der Waals surface area contributed by atoms with E-state index in [0.717, 1.165) is 34.7 Å². The van der Waals surface area contributed by atoms with E-state index >= 15 is 0 Å². The van der Waals surface area contributed by atoms with Crippen molar-refractivity contribution in [3.05, 3.63) is 113 Å². The molecule has 2 N–H and O–H groups in total. The summed E-state index contributed by atoms with van der Waals surface area (Å²) in [4.78, 5) is 25.2. The molecule has 0 radical (unpaired) electrons. The highest BCUT2D eigenvalue weighted by Gasteiger charge is 2.23. The number of amides is 1. The average molecular weight is 438 g/mol. The van der Waals surface area contributed by atoms with Crippen molar-refractivity contribution in [2.45, 2.75) is 32.1 Å². The largest absolute Gasteiger partial charge is 0.478 e. The molecule has 4 aromatic rings. The van der Waals surface area contributed by atoms with Gasteiger partial charge in [0.1, 0.15) is 0 Å². The molecule has 33 heavy (non-hydrogen) atoms. The van der Waals surface area contributed by atoms with Crippen molar-refractivity contribution in [2.24, 2.45) is 0 Å². The zero-order chi connectivity index (χ0) is 23.2. The van der Waals surface area contributed by atoms with Gasteiger partial charge in [0.25, 0.3) is 0 Å². The number of nitrogens with one attached hydrogen (secondary N) is 1. The molecule has 1 amide bonds. The summed E-state index contributed by atoms with van der Waals surface area (Å²) in [7, 11) is 0. The number of hydrogen-bond donors (Lipinski definition) is 2. The minimum atomic E-state index is -0.953. The van der Waals surface area contributed by atoms with Crippen LogP contribution in [-0.2, 0) is 11.2 Å². The fraction of sp³-hybridized carbons (Fsp3) is 0.172. The van der Waals surface area contributed by atoms with Crippen molar-refractivity contribution in [3.8, 4) is 0 Å². The van der Waals surface area contributed by atoms with Crippen molar-refractivity contribution < 1.29 is 14.7 Å². The summed E-state index contributed by atoms with van der Waals surface area (Å²) in [6, 6.07) is 28.8. The summed E-state index contributed by atoms with van der Waals surface area (Å²) in [6.45, 7) is 2.09. The van der Waals surface area contributed by atoms with Gasteiger partial charge in [0, 0.05) is 12.1 Å². The van der Waals surface area contributed by atoms with E-state index in [9.17, 15) is 14.7 Å². The number of fused-ring (bicyclic) bond motifs is 1. The second kappa shape index (κ2) is 10.1. The van der Waals surface area contributed by atoms with Crippen LogP contribution in [-0.4, -0.2) is 17.0 Å². The third kappa shape index (κ3) is 4.96. The molecule has 1 atom stereocenters. The third-order valence-corrected chi connectivity index (χ3v) is 6.00. The van der Waals surface area contributed by atoms with Crippen LogP contribution in [0.2, 0.25) is 0 Å². The minimum Gasteiger partial charge on any atom is -0.478 e. The maximum absolute atomic E-state index is 13.5. The molecule has 4 rings (SSSR count). The van der Waals surface area contributed by atoms with Gasteiger partial charge >= 0.3 is 5.97 Å². The highest BCUT2D eigenvalue weighted by molar-refractivity contribution is 6.00. The van der Waals surface area contributed by atoms with E-state index < -0.39 is 5.97 Å². The van der Waals surface area contributed by atoms with Crippen LogP contribution in [0.15, 0.2) is 91.0 Å². The van der Waals surface area contributed by atoms with E-state index in [1.807, 2.05) is 60.7 Å². The van der Waals surface area contributed by atoms with Crippen molar-refractivity contribution in [3.63, 3.8) is 0 Å². The molecule has 0 aliphatic rings. The normalized spacial score (nSPS) is 11.8. The van der Waals surface area contributed by atoms with Crippen LogP contribution in [0.1, 0.15) is 52.7 Å². The first-order valence-electron chi connectivity index (χ1n) is 11.3. The van der Waals surface area contributed by atoms with Gasteiger partial charge in [-0.05, 0) is 46.0 Å². The lowest BCUT2D eigenvalue weighted by molar-refractivity contribution is -0.117. The molecule has 0 saturated carbocycles. The Morgan fingerprint density at radius 2 is 1.48 bits per heavy atom. The third-order valence-electron chi connectivity index (χ3n) is 6.00. The number of anilines is 1. The molecular formula is C29H27NO3. The van der Waals surface area contributed by atoms with Gasteiger partial charge in [0.2, 0.25) is 5.91 Å². The Bertz CT molecular complexity index is 1290. The number of aromatic carboxylic acids is 1. The van der Waals surface area contributed by atoms with Crippen molar-refractivity contribution in [1.29, 1.82) is 0 Å². The Morgan fingerprint density at radius 1 is 0.818 bits per heavy atom. The Kier molecular flexibility index (Phi) is 6.84. The van der Waals surface area contributed by atoms with Gasteiger partial charge < -0.3 is 10.4 Å². The van der Waals surface area contributed by atoms with Crippen LogP contribution >= 0.6 is 0 Å². The molecule has 4 aromatic carbocycles. The average Bonchev–Trinajstić information content (AvgIpc) is 2.83. The highest BCUT2D eigenvalue weighted by Crippen LogP contribution is 2.31. The number of carbonyl (C=O) groups excluding carboxylic acids is 1. The number of hydrogen-bond acceptors (Lipinski definition) is 2. The first-order valence-corrected chi connectivity index (χ1v) is 11.3. The van der Waals surface area contributed by atoms with E-state index in [2.05, 4.69) is 30.4 Å². The summed E-state index contributed by atoms with van der Waals surface area (Å²) in [5, 5.41) is 14.9. The first kappa shape index (κ1) is 22.3. The monoisotopic (exact) mass is 437 g/mol. The molecule has 166 valence electrons. The lowest BCUT2D eigenvalue weighted by Crippen LogP contribution is -2.22. The van der Waals surface area contributed by atoms with Gasteiger partial charge in [-0.15, -0.1) is 0 Å². The molecule has 0 spiro atoms. The second-order valence-electron chi connectivity index (χ2n) is 8.20. The van der Waals surface area contributed by atoms with Crippen LogP contribution in [0.4, 0.5) is 5.69 Å². The van der Waals surface area contributed by atoms with Gasteiger partial charge in [-0.2, -0.15) is 0 Å². The molecule has 0 aliphatic heterocycles. The molecule has 0 aliphatic carbocycles. The predicted molar refractivity (Wildman–Crippen MR) is 133 cm³/mol. The fourth-order valence-electron chi connectivity index (χ4n) is 4.38. The van der Waals surface area contributed by atoms with Crippen LogP contribution in [0.25, 0.3) is 10.8 Å². The topological polar surface area (TPSA) is 66.4 Å².